The van der Waals surface area contributed by atoms with Gasteiger partial charge in [0.05, 0.1) is 23.8 Å². The lowest BCUT2D eigenvalue weighted by atomic mass is 9.68. The van der Waals surface area contributed by atoms with Gasteiger partial charge >= 0.3 is 0 Å². The molecule has 1 N–H and O–H groups in total. The van der Waals surface area contributed by atoms with Gasteiger partial charge in [0.1, 0.15) is 17.1 Å². The Morgan fingerprint density at radius 2 is 2.03 bits per heavy atom. The van der Waals surface area contributed by atoms with E-state index < -0.39 is 0 Å². The Labute approximate surface area is 216 Å². The quantitative estimate of drug-likeness (QED) is 0.272. The van der Waals surface area contributed by atoms with Crippen LogP contribution in [0.1, 0.15) is 64.9 Å². The first-order valence-electron chi connectivity index (χ1n) is 13.2. The normalized spacial score (nSPS) is 22.3. The average molecular weight is 502 g/mol. The minimum Gasteiger partial charge on any atom is -0.468 e. The fraction of sp³-hybridized carbons (Fsp3) is 0.448. The molecule has 0 unspecified atom stereocenters. The van der Waals surface area contributed by atoms with Crippen molar-refractivity contribution in [2.75, 3.05) is 6.61 Å². The van der Waals surface area contributed by atoms with Gasteiger partial charge in [-0.25, -0.2) is 19.3 Å². The molecule has 4 aromatic rings. The third kappa shape index (κ3) is 4.71. The summed E-state index contributed by atoms with van der Waals surface area (Å²) < 4.78 is 20.4. The van der Waals surface area contributed by atoms with E-state index in [9.17, 15) is 9.18 Å². The SMILES string of the molecule is CCOC=O.Fc1cnc2[nH]cc(-c3ncc4c(C#CC5CC5)cn([C@H]5CC6CCC5CC6)c4n3)c2c1.[HH]. The lowest BCUT2D eigenvalue weighted by Gasteiger charge is -2.43. The molecule has 0 aliphatic heterocycles. The summed E-state index contributed by atoms with van der Waals surface area (Å²) in [5, 5.41) is 1.72. The molecule has 0 saturated heterocycles. The molecule has 4 aliphatic rings. The lowest BCUT2D eigenvalue weighted by molar-refractivity contribution is -0.128. The number of carbonyl (C=O) groups is 1. The van der Waals surface area contributed by atoms with Gasteiger partial charge < -0.3 is 14.3 Å². The summed E-state index contributed by atoms with van der Waals surface area (Å²) in [7, 11) is 0. The number of rotatable bonds is 4. The second kappa shape index (κ2) is 9.97. The maximum Gasteiger partial charge on any atom is 0.293 e. The largest absolute Gasteiger partial charge is 0.468 e. The molecule has 2 bridgehead atoms. The lowest BCUT2D eigenvalue weighted by Crippen LogP contribution is -2.32. The first-order chi connectivity index (χ1) is 18.1. The number of aromatic amines is 1. The Hall–Kier alpha value is -3.73. The van der Waals surface area contributed by atoms with Crippen LogP contribution in [0.2, 0.25) is 0 Å². The number of H-pyrrole nitrogens is 1. The van der Waals surface area contributed by atoms with Crippen molar-refractivity contribution in [3.63, 3.8) is 0 Å². The van der Waals surface area contributed by atoms with E-state index in [1.807, 2.05) is 12.4 Å². The van der Waals surface area contributed by atoms with E-state index in [2.05, 4.69) is 42.3 Å². The second-order valence-corrected chi connectivity index (χ2v) is 10.3. The van der Waals surface area contributed by atoms with Gasteiger partial charge in [-0.15, -0.1) is 0 Å². The highest BCUT2D eigenvalue weighted by Crippen LogP contribution is 2.48. The van der Waals surface area contributed by atoms with Crippen LogP contribution in [0, 0.1) is 35.4 Å². The molecule has 37 heavy (non-hydrogen) atoms. The number of hydrogen-bond donors (Lipinski definition) is 1. The minimum absolute atomic E-state index is 0. The van der Waals surface area contributed by atoms with Crippen molar-refractivity contribution in [2.45, 2.75) is 57.9 Å². The maximum absolute atomic E-state index is 13.9. The van der Waals surface area contributed by atoms with Gasteiger partial charge in [-0.3, -0.25) is 4.79 Å². The van der Waals surface area contributed by atoms with E-state index in [1.165, 1.54) is 57.2 Å². The third-order valence-electron chi connectivity index (χ3n) is 7.90. The maximum atomic E-state index is 13.9. The Kier molecular flexibility index (Phi) is 6.37. The topological polar surface area (TPSA) is 85.7 Å². The molecule has 4 saturated carbocycles. The van der Waals surface area contributed by atoms with Crippen LogP contribution in [0.4, 0.5) is 4.39 Å². The molecule has 7 nitrogen and oxygen atoms in total. The summed E-state index contributed by atoms with van der Waals surface area (Å²) in [4.78, 5) is 26.2. The molecule has 4 aliphatic carbocycles. The number of ether oxygens (including phenoxy) is 1. The highest BCUT2D eigenvalue weighted by atomic mass is 19.1. The molecule has 192 valence electrons. The smallest absolute Gasteiger partial charge is 0.293 e. The molecule has 4 fully saturated rings. The zero-order valence-electron chi connectivity index (χ0n) is 20.9. The number of carbonyl (C=O) groups excluding carboxylic acids is 1. The fourth-order valence-corrected chi connectivity index (χ4v) is 5.83. The number of hydrogen-bond acceptors (Lipinski definition) is 5. The van der Waals surface area contributed by atoms with Crippen LogP contribution in [0.3, 0.4) is 0 Å². The van der Waals surface area contributed by atoms with Gasteiger partial charge in [0, 0.05) is 42.9 Å². The molecule has 0 spiro atoms. The summed E-state index contributed by atoms with van der Waals surface area (Å²) in [6.45, 7) is 2.66. The van der Waals surface area contributed by atoms with Crippen LogP contribution in [0.5, 0.6) is 0 Å². The molecule has 8 rings (SSSR count). The van der Waals surface area contributed by atoms with E-state index in [4.69, 9.17) is 4.98 Å². The number of fused-ring (bicyclic) bond motifs is 5. The Bertz CT molecular complexity index is 1510. The van der Waals surface area contributed by atoms with Crippen molar-refractivity contribution >= 4 is 28.5 Å². The summed E-state index contributed by atoms with van der Waals surface area (Å²) in [6, 6.07) is 1.97. The van der Waals surface area contributed by atoms with E-state index >= 15 is 0 Å². The van der Waals surface area contributed by atoms with Gasteiger partial charge in [0.25, 0.3) is 6.47 Å². The van der Waals surface area contributed by atoms with Crippen molar-refractivity contribution in [2.24, 2.45) is 17.8 Å². The van der Waals surface area contributed by atoms with Gasteiger partial charge in [-0.1, -0.05) is 24.7 Å². The van der Waals surface area contributed by atoms with Crippen molar-refractivity contribution in [3.8, 4) is 23.2 Å². The highest BCUT2D eigenvalue weighted by Gasteiger charge is 2.37. The van der Waals surface area contributed by atoms with Crippen LogP contribution in [0.15, 0.2) is 30.9 Å². The summed E-state index contributed by atoms with van der Waals surface area (Å²) in [5.41, 5.74) is 3.40. The van der Waals surface area contributed by atoms with Crippen LogP contribution in [-0.2, 0) is 9.53 Å². The molecular weight excluding hydrogens is 469 g/mol. The first kappa shape index (κ1) is 23.7. The minimum atomic E-state index is -0.362. The van der Waals surface area contributed by atoms with E-state index in [1.54, 1.807) is 6.92 Å². The number of pyridine rings is 1. The number of nitrogens with one attached hydrogen (secondary N) is 1. The molecule has 0 radical (unpaired) electrons. The summed E-state index contributed by atoms with van der Waals surface area (Å²) in [6.07, 6.45) is 16.2. The zero-order valence-corrected chi connectivity index (χ0v) is 20.9. The molecule has 0 amide bonds. The fourth-order valence-electron chi connectivity index (χ4n) is 5.83. The van der Waals surface area contributed by atoms with Crippen molar-refractivity contribution in [3.05, 3.63) is 42.2 Å². The first-order valence-corrected chi connectivity index (χ1v) is 13.2. The zero-order chi connectivity index (χ0) is 25.4. The molecule has 8 heteroatoms. The predicted molar refractivity (Wildman–Crippen MR) is 141 cm³/mol. The second-order valence-electron chi connectivity index (χ2n) is 10.3. The summed E-state index contributed by atoms with van der Waals surface area (Å²) >= 11 is 0. The molecule has 4 heterocycles. The molecular formula is C29H32FN5O2. The van der Waals surface area contributed by atoms with E-state index in [-0.39, 0.29) is 7.24 Å². The van der Waals surface area contributed by atoms with Gasteiger partial charge in [-0.05, 0) is 56.9 Å². The number of aromatic nitrogens is 5. The van der Waals surface area contributed by atoms with Crippen LogP contribution in [0.25, 0.3) is 33.5 Å². The van der Waals surface area contributed by atoms with Crippen molar-refractivity contribution < 1.29 is 15.3 Å². The van der Waals surface area contributed by atoms with Crippen molar-refractivity contribution in [1.29, 1.82) is 0 Å². The van der Waals surface area contributed by atoms with Crippen LogP contribution < -0.4 is 0 Å². The predicted octanol–water partition coefficient (Wildman–Crippen LogP) is 6.05. The summed E-state index contributed by atoms with van der Waals surface area (Å²) in [5.74, 6) is 9.16. The van der Waals surface area contributed by atoms with Crippen LogP contribution in [-0.4, -0.2) is 37.6 Å². The van der Waals surface area contributed by atoms with Gasteiger partial charge in [0.2, 0.25) is 0 Å². The van der Waals surface area contributed by atoms with E-state index in [0.29, 0.717) is 47.8 Å². The van der Waals surface area contributed by atoms with Crippen LogP contribution >= 0.6 is 0 Å². The Morgan fingerprint density at radius 3 is 2.70 bits per heavy atom. The number of halogens is 1. The molecule has 0 aromatic carbocycles. The van der Waals surface area contributed by atoms with Gasteiger partial charge in [0.15, 0.2) is 5.82 Å². The monoisotopic (exact) mass is 501 g/mol. The van der Waals surface area contributed by atoms with Crippen molar-refractivity contribution in [1.82, 2.24) is 24.5 Å². The molecule has 1 atom stereocenters. The average Bonchev–Trinajstić information content (AvgIpc) is 3.56. The molecule has 4 aromatic heterocycles. The Morgan fingerprint density at radius 1 is 1.19 bits per heavy atom. The number of nitrogens with zero attached hydrogens (tertiary/aromatic N) is 4. The third-order valence-corrected chi connectivity index (χ3v) is 7.90. The highest BCUT2D eigenvalue weighted by molar-refractivity contribution is 5.93. The van der Waals surface area contributed by atoms with E-state index in [0.717, 1.165) is 28.1 Å². The van der Waals surface area contributed by atoms with Gasteiger partial charge in [-0.2, -0.15) is 0 Å². The Balaban J connectivity index is 0.000000452. The standard InChI is InChI=1S/C26H24FN5.C3H6O2.H2/c27-19-10-20-22(13-29-24(20)28-11-19)25-30-12-21-18(8-3-15-1-2-15)14-32(26(21)31-25)23-9-16-4-6-17(23)7-5-16;1-2-5-3-4;/h10-17,23H,1-2,4-7,9H2,(H,28,29);3H,2H2,1H3;1H/t16?,17?,23-;;/m0../s1.